The molecule has 2 bridgehead atoms. The molecule has 250 valence electrons. The summed E-state index contributed by atoms with van der Waals surface area (Å²) in [6.45, 7) is 8.39. The van der Waals surface area contributed by atoms with Crippen molar-refractivity contribution in [2.24, 2.45) is 0 Å². The van der Waals surface area contributed by atoms with Crippen LogP contribution in [-0.4, -0.2) is 89.6 Å². The quantitative estimate of drug-likeness (QED) is 0.143. The number of halogens is 6. The van der Waals surface area contributed by atoms with Gasteiger partial charge in [0.1, 0.15) is 12.3 Å². The highest BCUT2D eigenvalue weighted by Gasteiger charge is 2.46. The molecule has 19 heteroatoms. The molecule has 12 nitrogen and oxygen atoms in total. The maximum Gasteiger partial charge on any atom is 0.423 e. The Morgan fingerprint density at radius 2 is 1.71 bits per heavy atom. The molecular weight excluding hydrogens is 630 g/mol. The summed E-state index contributed by atoms with van der Waals surface area (Å²) in [6.07, 6.45) is -6.31. The van der Waals surface area contributed by atoms with E-state index in [-0.39, 0.29) is 31.2 Å². The first-order chi connectivity index (χ1) is 20.9. The molecule has 5 heterocycles. The van der Waals surface area contributed by atoms with E-state index in [1.807, 2.05) is 4.90 Å². The minimum atomic E-state index is -4.96. The van der Waals surface area contributed by atoms with Crippen LogP contribution in [0.4, 0.5) is 38.0 Å². The number of ether oxygens (including phenoxy) is 1. The molecule has 3 fully saturated rings. The largest absolute Gasteiger partial charge is 0.423 e. The monoisotopic (exact) mass is 666 g/mol. The van der Waals surface area contributed by atoms with Gasteiger partial charge in [-0.05, 0) is 19.4 Å². The first-order valence-electron chi connectivity index (χ1n) is 14.2. The minimum Gasteiger partial charge on any atom is -0.378 e. The number of hydrogen-bond donors (Lipinski definition) is 2. The fraction of sp³-hybridized carbons (Fsp3) is 0.654. The number of hydroxylamine groups is 1. The molecule has 2 N–H and O–H groups in total. The fourth-order valence-corrected chi connectivity index (χ4v) is 5.74. The Bertz CT molecular complexity index is 1370. The zero-order valence-electron chi connectivity index (χ0n) is 25.2. The molecule has 0 aliphatic carbocycles. The molecule has 0 saturated carbocycles. The van der Waals surface area contributed by atoms with Crippen LogP contribution in [0.3, 0.4) is 0 Å². The Balaban J connectivity index is 1.23. The molecule has 3 aliphatic heterocycles. The second kappa shape index (κ2) is 13.6. The van der Waals surface area contributed by atoms with Crippen molar-refractivity contribution in [3.05, 3.63) is 40.1 Å². The number of fused-ring (bicyclic) bond motifs is 2. The summed E-state index contributed by atoms with van der Waals surface area (Å²) in [4.78, 5) is 41.6. The van der Waals surface area contributed by atoms with Crippen LogP contribution in [0, 0.1) is 0 Å². The van der Waals surface area contributed by atoms with Crippen molar-refractivity contribution >= 4 is 25.6 Å². The number of nitrogens with zero attached hydrogens (tertiary/aromatic N) is 6. The average molecular weight is 667 g/mol. The summed E-state index contributed by atoms with van der Waals surface area (Å²) in [6, 6.07) is -0.0536. The zero-order chi connectivity index (χ0) is 33.2. The summed E-state index contributed by atoms with van der Waals surface area (Å²) >= 11 is 0. The van der Waals surface area contributed by atoms with Gasteiger partial charge in [-0.2, -0.15) is 31.4 Å². The molecule has 45 heavy (non-hydrogen) atoms. The van der Waals surface area contributed by atoms with Gasteiger partial charge in [0.15, 0.2) is 0 Å². The van der Waals surface area contributed by atoms with E-state index in [1.54, 1.807) is 4.90 Å². The second-order valence-corrected chi connectivity index (χ2v) is 18.0. The number of hydrogen-bond acceptors (Lipinski definition) is 10. The first-order valence-corrected chi connectivity index (χ1v) is 18.0. The number of nitrogens with one attached hydrogen (secondary N) is 2. The van der Waals surface area contributed by atoms with Crippen LogP contribution in [0.1, 0.15) is 24.5 Å². The van der Waals surface area contributed by atoms with Crippen LogP contribution in [0.25, 0.3) is 0 Å². The number of piperazine rings is 1. The molecule has 2 aromatic rings. The standard InChI is InChI=1S/C26H36F6N8O4Si/c1-16(36-20-10-35-40(15-43-5-6-45(2,3)4)23(42)22(20)26(30,31)32)14-44-37-21(41)13-39-18-7-19(39)12-38(11-18)24-33-8-17(9-34-24)25(27,28)29/h8-10,16,18-19,36H,5-7,11-15H2,1-4H3,(H,37,41). The van der Waals surface area contributed by atoms with Crippen molar-refractivity contribution in [2.75, 3.05) is 43.1 Å². The van der Waals surface area contributed by atoms with Crippen LogP contribution in [0.2, 0.25) is 25.7 Å². The lowest BCUT2D eigenvalue weighted by atomic mass is 9.87. The number of aromatic nitrogens is 4. The zero-order valence-corrected chi connectivity index (χ0v) is 26.2. The average Bonchev–Trinajstić information content (AvgIpc) is 2.93. The summed E-state index contributed by atoms with van der Waals surface area (Å²) in [7, 11) is -1.42. The smallest absolute Gasteiger partial charge is 0.378 e. The molecule has 1 amide bonds. The van der Waals surface area contributed by atoms with E-state index in [1.165, 1.54) is 6.92 Å². The van der Waals surface area contributed by atoms with E-state index in [4.69, 9.17) is 9.57 Å². The topological polar surface area (TPSA) is 127 Å². The van der Waals surface area contributed by atoms with Gasteiger partial charge in [0, 0.05) is 58.3 Å². The Morgan fingerprint density at radius 3 is 2.29 bits per heavy atom. The third-order valence-corrected chi connectivity index (χ3v) is 9.08. The fourth-order valence-electron chi connectivity index (χ4n) is 4.99. The highest BCUT2D eigenvalue weighted by molar-refractivity contribution is 6.76. The van der Waals surface area contributed by atoms with Crippen LogP contribution < -0.4 is 21.3 Å². The molecule has 3 unspecified atom stereocenters. The minimum absolute atomic E-state index is 0.0147. The number of rotatable bonds is 13. The van der Waals surface area contributed by atoms with Gasteiger partial charge < -0.3 is 15.0 Å². The molecule has 0 aromatic carbocycles. The number of amides is 1. The SMILES string of the molecule is CC(CONC(=O)CN1C2CC1CN(c1ncc(C(F)(F)F)cn1)C2)Nc1cnn(COCC[Si](C)(C)C)c(=O)c1C(F)(F)F. The molecular formula is C26H36F6N8O4Si. The predicted molar refractivity (Wildman–Crippen MR) is 153 cm³/mol. The van der Waals surface area contributed by atoms with E-state index < -0.39 is 61.5 Å². The van der Waals surface area contributed by atoms with Crippen LogP contribution in [0.15, 0.2) is 23.4 Å². The van der Waals surface area contributed by atoms with Crippen molar-refractivity contribution in [2.45, 2.75) is 76.2 Å². The lowest BCUT2D eigenvalue weighted by molar-refractivity contribution is -0.139. The first kappa shape index (κ1) is 34.6. The highest BCUT2D eigenvalue weighted by Crippen LogP contribution is 2.34. The summed E-state index contributed by atoms with van der Waals surface area (Å²) in [5.41, 5.74) is -1.94. The maximum absolute atomic E-state index is 13.8. The van der Waals surface area contributed by atoms with Crippen molar-refractivity contribution < 1.29 is 40.7 Å². The molecule has 0 radical (unpaired) electrons. The van der Waals surface area contributed by atoms with E-state index in [0.717, 1.165) is 31.1 Å². The van der Waals surface area contributed by atoms with E-state index >= 15 is 0 Å². The molecule has 5 rings (SSSR count). The normalized spacial score (nSPS) is 19.6. The number of piperidine rings is 1. The molecule has 3 aliphatic rings. The number of carbonyl (C=O) groups is 1. The van der Waals surface area contributed by atoms with Crippen molar-refractivity contribution in [1.82, 2.24) is 30.1 Å². The predicted octanol–water partition coefficient (Wildman–Crippen LogP) is 3.19. The lowest BCUT2D eigenvalue weighted by Crippen LogP contribution is -2.70. The van der Waals surface area contributed by atoms with E-state index in [0.29, 0.717) is 24.4 Å². The van der Waals surface area contributed by atoms with Gasteiger partial charge in [0.05, 0.1) is 30.6 Å². The Morgan fingerprint density at radius 1 is 1.07 bits per heavy atom. The van der Waals surface area contributed by atoms with Gasteiger partial charge in [0.25, 0.3) is 11.5 Å². The molecule has 0 spiro atoms. The van der Waals surface area contributed by atoms with Gasteiger partial charge in [-0.3, -0.25) is 19.3 Å². The van der Waals surface area contributed by atoms with Gasteiger partial charge in [0.2, 0.25) is 5.95 Å². The number of carbonyl (C=O) groups excluding carboxylic acids is 1. The van der Waals surface area contributed by atoms with Gasteiger partial charge in [-0.15, -0.1) is 0 Å². The summed E-state index contributed by atoms with van der Waals surface area (Å²) in [5, 5.41) is 6.39. The van der Waals surface area contributed by atoms with Crippen molar-refractivity contribution in [3.8, 4) is 0 Å². The molecule has 3 saturated heterocycles. The van der Waals surface area contributed by atoms with Crippen LogP contribution in [-0.2, 0) is 33.5 Å². The third-order valence-electron chi connectivity index (χ3n) is 7.38. The Kier molecular flexibility index (Phi) is 10.4. The maximum atomic E-state index is 13.8. The van der Waals surface area contributed by atoms with E-state index in [9.17, 15) is 35.9 Å². The number of alkyl halides is 6. The van der Waals surface area contributed by atoms with Gasteiger partial charge in [-0.1, -0.05) is 19.6 Å². The van der Waals surface area contributed by atoms with Crippen molar-refractivity contribution in [3.63, 3.8) is 0 Å². The van der Waals surface area contributed by atoms with E-state index in [2.05, 4.69) is 45.5 Å². The summed E-state index contributed by atoms with van der Waals surface area (Å²) in [5.74, 6) is -0.302. The summed E-state index contributed by atoms with van der Waals surface area (Å²) < 4.78 is 85.8. The van der Waals surface area contributed by atoms with Crippen molar-refractivity contribution in [1.29, 1.82) is 0 Å². The second-order valence-electron chi connectivity index (χ2n) is 12.4. The lowest BCUT2D eigenvalue weighted by Gasteiger charge is -2.56. The Hall–Kier alpha value is -3.29. The van der Waals surface area contributed by atoms with Gasteiger partial charge in [-0.25, -0.2) is 20.1 Å². The Labute approximate surface area is 256 Å². The van der Waals surface area contributed by atoms with Crippen LogP contribution in [0.5, 0.6) is 0 Å². The third kappa shape index (κ3) is 9.14. The van der Waals surface area contributed by atoms with Crippen LogP contribution >= 0.6 is 0 Å². The number of anilines is 2. The molecule has 2 aromatic heterocycles. The highest BCUT2D eigenvalue weighted by atomic mass is 28.3. The molecule has 3 atom stereocenters. The van der Waals surface area contributed by atoms with Gasteiger partial charge >= 0.3 is 12.4 Å².